The molecule has 0 aliphatic rings. The van der Waals surface area contributed by atoms with Crippen LogP contribution in [0.3, 0.4) is 0 Å². The summed E-state index contributed by atoms with van der Waals surface area (Å²) >= 11 is 0. The summed E-state index contributed by atoms with van der Waals surface area (Å²) in [5.74, 6) is 1.74. The molecule has 0 aromatic heterocycles. The van der Waals surface area contributed by atoms with Crippen LogP contribution in [0.25, 0.3) is 0 Å². The van der Waals surface area contributed by atoms with Crippen LogP contribution in [-0.4, -0.2) is 13.1 Å². The molecule has 0 aliphatic carbocycles. The lowest BCUT2D eigenvalue weighted by Gasteiger charge is -2.11. The monoisotopic (exact) mass is 185 g/mol. The van der Waals surface area contributed by atoms with E-state index in [0.717, 1.165) is 11.8 Å². The van der Waals surface area contributed by atoms with Gasteiger partial charge in [-0.05, 0) is 37.8 Å². The minimum atomic E-state index is 0.837. The van der Waals surface area contributed by atoms with Gasteiger partial charge in [-0.25, -0.2) is 0 Å². The van der Waals surface area contributed by atoms with Crippen molar-refractivity contribution in [3.8, 4) is 0 Å². The molecule has 13 heavy (non-hydrogen) atoms. The maximum atomic E-state index is 3.52. The molecular weight excluding hydrogens is 158 g/mol. The predicted octanol–water partition coefficient (Wildman–Crippen LogP) is 3.45. The molecule has 1 heteroatoms. The zero-order valence-corrected chi connectivity index (χ0v) is 9.90. The van der Waals surface area contributed by atoms with Gasteiger partial charge in [-0.1, -0.05) is 40.5 Å². The molecule has 0 rings (SSSR count). The lowest BCUT2D eigenvalue weighted by molar-refractivity contribution is 0.454. The molecule has 1 N–H and O–H groups in total. The van der Waals surface area contributed by atoms with E-state index in [9.17, 15) is 0 Å². The molecule has 1 nitrogen and oxygen atoms in total. The molecule has 0 bridgehead atoms. The molecule has 0 saturated heterocycles. The molecular formula is C12H27N. The van der Waals surface area contributed by atoms with Gasteiger partial charge in [-0.3, -0.25) is 0 Å². The average Bonchev–Trinajstić information content (AvgIpc) is 2.16. The molecule has 0 aromatic rings. The smallest absolute Gasteiger partial charge is 0.00233 e. The van der Waals surface area contributed by atoms with Crippen molar-refractivity contribution in [1.82, 2.24) is 5.32 Å². The summed E-state index contributed by atoms with van der Waals surface area (Å²) in [5, 5.41) is 3.52. The fraction of sp³-hybridized carbons (Fsp3) is 1.00. The molecule has 80 valence electrons. The Morgan fingerprint density at radius 1 is 1.00 bits per heavy atom. The molecule has 0 fully saturated rings. The van der Waals surface area contributed by atoms with E-state index in [4.69, 9.17) is 0 Å². The number of hydrogen-bond donors (Lipinski definition) is 1. The molecule has 2 unspecified atom stereocenters. The summed E-state index contributed by atoms with van der Waals surface area (Å²) in [6, 6.07) is 0. The van der Waals surface area contributed by atoms with Crippen LogP contribution >= 0.6 is 0 Å². The maximum Gasteiger partial charge on any atom is -0.00233 e. The molecule has 0 radical (unpaired) electrons. The third-order valence-electron chi connectivity index (χ3n) is 2.94. The lowest BCUT2D eigenvalue weighted by atomic mass is 10.0. The highest BCUT2D eigenvalue weighted by atomic mass is 14.8. The Morgan fingerprint density at radius 3 is 2.15 bits per heavy atom. The van der Waals surface area contributed by atoms with Gasteiger partial charge in [-0.15, -0.1) is 0 Å². The standard InChI is InChI=1S/C12H27N/c1-5-11(3)8-7-9-13-10-12(4)6-2/h11-13H,5-10H2,1-4H3. The Labute approximate surface area is 84.3 Å². The summed E-state index contributed by atoms with van der Waals surface area (Å²) in [5.41, 5.74) is 0. The second-order valence-corrected chi connectivity index (χ2v) is 4.37. The van der Waals surface area contributed by atoms with Crippen molar-refractivity contribution in [2.75, 3.05) is 13.1 Å². The van der Waals surface area contributed by atoms with Crippen molar-refractivity contribution in [3.63, 3.8) is 0 Å². The van der Waals surface area contributed by atoms with E-state index < -0.39 is 0 Å². The van der Waals surface area contributed by atoms with Gasteiger partial charge in [0.1, 0.15) is 0 Å². The third-order valence-corrected chi connectivity index (χ3v) is 2.94. The molecule has 0 aromatic carbocycles. The van der Waals surface area contributed by atoms with E-state index >= 15 is 0 Å². The van der Waals surface area contributed by atoms with E-state index in [-0.39, 0.29) is 0 Å². The second kappa shape index (κ2) is 8.55. The first-order valence-electron chi connectivity index (χ1n) is 5.91. The summed E-state index contributed by atoms with van der Waals surface area (Å²) < 4.78 is 0. The van der Waals surface area contributed by atoms with Gasteiger partial charge in [0.05, 0.1) is 0 Å². The summed E-state index contributed by atoms with van der Waals surface area (Å²) in [7, 11) is 0. The molecule has 2 atom stereocenters. The Balaban J connectivity index is 3.08. The van der Waals surface area contributed by atoms with Crippen molar-refractivity contribution in [3.05, 3.63) is 0 Å². The Hall–Kier alpha value is -0.0400. The Bertz CT molecular complexity index is 89.3. The molecule has 0 heterocycles. The quantitative estimate of drug-likeness (QED) is 0.571. The van der Waals surface area contributed by atoms with E-state index in [1.54, 1.807) is 0 Å². The highest BCUT2D eigenvalue weighted by Gasteiger charge is 1.99. The predicted molar refractivity (Wildman–Crippen MR) is 61.0 cm³/mol. The van der Waals surface area contributed by atoms with Crippen molar-refractivity contribution >= 4 is 0 Å². The minimum absolute atomic E-state index is 0.837. The van der Waals surface area contributed by atoms with E-state index in [0.29, 0.717) is 0 Å². The average molecular weight is 185 g/mol. The maximum absolute atomic E-state index is 3.52. The fourth-order valence-electron chi connectivity index (χ4n) is 1.27. The van der Waals surface area contributed by atoms with Gasteiger partial charge in [-0.2, -0.15) is 0 Å². The van der Waals surface area contributed by atoms with Gasteiger partial charge in [0.2, 0.25) is 0 Å². The van der Waals surface area contributed by atoms with Crippen LogP contribution in [0.15, 0.2) is 0 Å². The van der Waals surface area contributed by atoms with Crippen molar-refractivity contribution in [2.24, 2.45) is 11.8 Å². The van der Waals surface area contributed by atoms with E-state index in [2.05, 4.69) is 33.0 Å². The molecule has 0 spiro atoms. The topological polar surface area (TPSA) is 12.0 Å². The van der Waals surface area contributed by atoms with Crippen LogP contribution in [0.2, 0.25) is 0 Å². The first-order chi connectivity index (χ1) is 6.20. The van der Waals surface area contributed by atoms with Crippen molar-refractivity contribution in [2.45, 2.75) is 53.4 Å². The Kier molecular flexibility index (Phi) is 8.53. The van der Waals surface area contributed by atoms with Crippen LogP contribution in [-0.2, 0) is 0 Å². The second-order valence-electron chi connectivity index (χ2n) is 4.37. The van der Waals surface area contributed by atoms with Crippen LogP contribution in [0.1, 0.15) is 53.4 Å². The first-order valence-corrected chi connectivity index (χ1v) is 5.91. The molecule has 0 saturated carbocycles. The highest BCUT2D eigenvalue weighted by Crippen LogP contribution is 2.08. The lowest BCUT2D eigenvalue weighted by Crippen LogP contribution is -2.22. The number of rotatable bonds is 8. The van der Waals surface area contributed by atoms with Gasteiger partial charge in [0.25, 0.3) is 0 Å². The van der Waals surface area contributed by atoms with Crippen molar-refractivity contribution < 1.29 is 0 Å². The fourth-order valence-corrected chi connectivity index (χ4v) is 1.27. The van der Waals surface area contributed by atoms with Crippen LogP contribution in [0.5, 0.6) is 0 Å². The molecule has 0 amide bonds. The van der Waals surface area contributed by atoms with Crippen LogP contribution in [0, 0.1) is 11.8 Å². The largest absolute Gasteiger partial charge is 0.316 e. The van der Waals surface area contributed by atoms with Crippen molar-refractivity contribution in [1.29, 1.82) is 0 Å². The van der Waals surface area contributed by atoms with Gasteiger partial charge in [0, 0.05) is 0 Å². The third kappa shape index (κ3) is 8.29. The minimum Gasteiger partial charge on any atom is -0.316 e. The summed E-state index contributed by atoms with van der Waals surface area (Å²) in [6.07, 6.45) is 5.33. The number of hydrogen-bond acceptors (Lipinski definition) is 1. The highest BCUT2D eigenvalue weighted by molar-refractivity contribution is 4.56. The SMILES string of the molecule is CCC(C)CCCNCC(C)CC. The summed E-state index contributed by atoms with van der Waals surface area (Å²) in [4.78, 5) is 0. The number of nitrogens with one attached hydrogen (secondary N) is 1. The van der Waals surface area contributed by atoms with Gasteiger partial charge in [0.15, 0.2) is 0 Å². The Morgan fingerprint density at radius 2 is 1.62 bits per heavy atom. The normalized spacial score (nSPS) is 15.7. The zero-order valence-electron chi connectivity index (χ0n) is 9.90. The van der Waals surface area contributed by atoms with E-state index in [1.807, 2.05) is 0 Å². The van der Waals surface area contributed by atoms with Gasteiger partial charge >= 0.3 is 0 Å². The van der Waals surface area contributed by atoms with E-state index in [1.165, 1.54) is 38.8 Å². The zero-order chi connectivity index (χ0) is 10.1. The van der Waals surface area contributed by atoms with Gasteiger partial charge < -0.3 is 5.32 Å². The van der Waals surface area contributed by atoms with Crippen LogP contribution in [0.4, 0.5) is 0 Å². The molecule has 0 aliphatic heterocycles. The first kappa shape index (κ1) is 13.0. The van der Waals surface area contributed by atoms with Crippen LogP contribution < -0.4 is 5.32 Å². The summed E-state index contributed by atoms with van der Waals surface area (Å²) in [6.45, 7) is 11.6.